The standard InChI is InChI=1S/C25H30N4O2.2ClH/c1-15-17-9-10-26-22(24(31)27-13-25(2,3)14-28(4)5)19(17)12-20-18-11-16(30)7-8-21(18)29(6)23(15)20;;/h7-12,30H,13-14H2,1-6H3,(H,27,31);2*1H. The van der Waals surface area contributed by atoms with Gasteiger partial charge in [-0.3, -0.25) is 9.78 Å². The number of halogens is 2. The second-order valence-corrected chi connectivity index (χ2v) is 9.50. The number of benzene rings is 2. The highest BCUT2D eigenvalue weighted by Gasteiger charge is 2.22. The van der Waals surface area contributed by atoms with E-state index in [-0.39, 0.29) is 41.9 Å². The summed E-state index contributed by atoms with van der Waals surface area (Å²) in [6, 6.07) is 9.40. The van der Waals surface area contributed by atoms with Crippen molar-refractivity contribution in [1.82, 2.24) is 19.8 Å². The highest BCUT2D eigenvalue weighted by Crippen LogP contribution is 2.36. The SMILES string of the molecule is Cc1c2ccnc(C(=O)NCC(C)(C)CN(C)C)c2cc2c3cc(O)ccc3n(C)c12.Cl.Cl. The molecule has 0 aliphatic carbocycles. The lowest BCUT2D eigenvalue weighted by atomic mass is 9.93. The Morgan fingerprint density at radius 1 is 1.09 bits per heavy atom. The normalized spacial score (nSPS) is 11.6. The minimum absolute atomic E-state index is 0. The van der Waals surface area contributed by atoms with E-state index in [0.717, 1.165) is 44.7 Å². The van der Waals surface area contributed by atoms with E-state index < -0.39 is 0 Å². The Morgan fingerprint density at radius 3 is 2.45 bits per heavy atom. The van der Waals surface area contributed by atoms with Crippen molar-refractivity contribution in [2.75, 3.05) is 27.2 Å². The molecule has 4 rings (SSSR count). The molecule has 2 N–H and O–H groups in total. The molecule has 0 atom stereocenters. The lowest BCUT2D eigenvalue weighted by molar-refractivity contribution is 0.0926. The van der Waals surface area contributed by atoms with Crippen molar-refractivity contribution in [3.05, 3.63) is 47.8 Å². The fraction of sp³-hybridized carbons (Fsp3) is 0.360. The molecule has 0 spiro atoms. The molecule has 4 aromatic rings. The molecule has 2 aromatic carbocycles. The van der Waals surface area contributed by atoms with E-state index in [1.54, 1.807) is 18.3 Å². The molecule has 2 aromatic heterocycles. The van der Waals surface area contributed by atoms with E-state index in [0.29, 0.717) is 12.2 Å². The third-order valence-corrected chi connectivity index (χ3v) is 5.95. The molecule has 0 saturated heterocycles. The number of phenols is 1. The van der Waals surface area contributed by atoms with E-state index in [9.17, 15) is 9.90 Å². The van der Waals surface area contributed by atoms with E-state index in [1.807, 2.05) is 39.3 Å². The summed E-state index contributed by atoms with van der Waals surface area (Å²) >= 11 is 0. The van der Waals surface area contributed by atoms with Gasteiger partial charge < -0.3 is 19.9 Å². The molecule has 0 fully saturated rings. The minimum Gasteiger partial charge on any atom is -0.508 e. The van der Waals surface area contributed by atoms with Crippen molar-refractivity contribution in [2.24, 2.45) is 12.5 Å². The number of hydrogen-bond acceptors (Lipinski definition) is 4. The Morgan fingerprint density at radius 2 is 1.79 bits per heavy atom. The average molecular weight is 491 g/mol. The number of hydrogen-bond donors (Lipinski definition) is 2. The Bertz CT molecular complexity index is 1330. The Hall–Kier alpha value is -2.54. The number of aryl methyl sites for hydroxylation is 2. The molecule has 178 valence electrons. The summed E-state index contributed by atoms with van der Waals surface area (Å²) in [6.45, 7) is 7.78. The monoisotopic (exact) mass is 490 g/mol. The molecular formula is C25H32Cl2N4O2. The average Bonchev–Trinajstić information content (AvgIpc) is 2.97. The first-order valence-electron chi connectivity index (χ1n) is 10.5. The fourth-order valence-corrected chi connectivity index (χ4v) is 4.78. The molecule has 1 amide bonds. The maximum Gasteiger partial charge on any atom is 0.270 e. The zero-order valence-corrected chi connectivity index (χ0v) is 21.5. The molecule has 33 heavy (non-hydrogen) atoms. The molecule has 0 unspecified atom stereocenters. The summed E-state index contributed by atoms with van der Waals surface area (Å²) in [6.07, 6.45) is 1.70. The van der Waals surface area contributed by atoms with Crippen LogP contribution in [-0.4, -0.2) is 52.6 Å². The number of pyridine rings is 1. The van der Waals surface area contributed by atoms with Crippen molar-refractivity contribution in [3.8, 4) is 5.75 Å². The van der Waals surface area contributed by atoms with Crippen molar-refractivity contribution in [1.29, 1.82) is 0 Å². The van der Waals surface area contributed by atoms with Crippen LogP contribution in [0.5, 0.6) is 5.75 Å². The van der Waals surface area contributed by atoms with Gasteiger partial charge in [-0.05, 0) is 67.7 Å². The van der Waals surface area contributed by atoms with Gasteiger partial charge in [0, 0.05) is 48.0 Å². The van der Waals surface area contributed by atoms with Crippen LogP contribution in [0.2, 0.25) is 0 Å². The van der Waals surface area contributed by atoms with Gasteiger partial charge in [0.1, 0.15) is 11.4 Å². The molecule has 0 bridgehead atoms. The second-order valence-electron chi connectivity index (χ2n) is 9.50. The maximum absolute atomic E-state index is 13.1. The molecule has 0 aliphatic rings. The van der Waals surface area contributed by atoms with E-state index in [1.165, 1.54) is 0 Å². The largest absolute Gasteiger partial charge is 0.508 e. The van der Waals surface area contributed by atoms with Gasteiger partial charge in [-0.15, -0.1) is 24.8 Å². The summed E-state index contributed by atoms with van der Waals surface area (Å²) in [5, 5.41) is 16.9. The second kappa shape index (κ2) is 9.75. The van der Waals surface area contributed by atoms with Gasteiger partial charge in [0.05, 0.1) is 5.52 Å². The molecule has 6 nitrogen and oxygen atoms in total. The van der Waals surface area contributed by atoms with Gasteiger partial charge in [0.25, 0.3) is 5.91 Å². The highest BCUT2D eigenvalue weighted by molar-refractivity contribution is 6.17. The number of fused-ring (bicyclic) bond motifs is 4. The topological polar surface area (TPSA) is 70.4 Å². The molecule has 0 saturated carbocycles. The van der Waals surface area contributed by atoms with Crippen LogP contribution in [0, 0.1) is 12.3 Å². The van der Waals surface area contributed by atoms with Crippen LogP contribution in [0.3, 0.4) is 0 Å². The Labute approximate surface area is 206 Å². The third kappa shape index (κ3) is 4.88. The van der Waals surface area contributed by atoms with E-state index >= 15 is 0 Å². The predicted octanol–water partition coefficient (Wildman–Crippen LogP) is 5.05. The number of nitrogens with zero attached hydrogens (tertiary/aromatic N) is 3. The van der Waals surface area contributed by atoms with Crippen LogP contribution in [0.4, 0.5) is 0 Å². The van der Waals surface area contributed by atoms with Crippen LogP contribution in [0.25, 0.3) is 32.6 Å². The summed E-state index contributed by atoms with van der Waals surface area (Å²) in [5.74, 6) is 0.0595. The van der Waals surface area contributed by atoms with Gasteiger partial charge >= 0.3 is 0 Å². The first kappa shape index (κ1) is 26.7. The molecule has 8 heteroatoms. The van der Waals surface area contributed by atoms with E-state index in [2.05, 4.69) is 40.5 Å². The summed E-state index contributed by atoms with van der Waals surface area (Å²) < 4.78 is 2.14. The van der Waals surface area contributed by atoms with Gasteiger partial charge in [0.15, 0.2) is 0 Å². The number of amides is 1. The molecular weight excluding hydrogens is 459 g/mol. The van der Waals surface area contributed by atoms with Crippen LogP contribution in [0.15, 0.2) is 36.5 Å². The lowest BCUT2D eigenvalue weighted by Crippen LogP contribution is -2.40. The molecule has 0 radical (unpaired) electrons. The first-order valence-corrected chi connectivity index (χ1v) is 10.5. The smallest absolute Gasteiger partial charge is 0.270 e. The lowest BCUT2D eigenvalue weighted by Gasteiger charge is -2.28. The van der Waals surface area contributed by atoms with Crippen LogP contribution < -0.4 is 5.32 Å². The minimum atomic E-state index is -0.167. The fourth-order valence-electron chi connectivity index (χ4n) is 4.78. The van der Waals surface area contributed by atoms with Gasteiger partial charge in [0.2, 0.25) is 0 Å². The molecule has 2 heterocycles. The number of aromatic nitrogens is 2. The zero-order valence-electron chi connectivity index (χ0n) is 19.9. The predicted molar refractivity (Wildman–Crippen MR) is 141 cm³/mol. The summed E-state index contributed by atoms with van der Waals surface area (Å²) in [4.78, 5) is 19.7. The first-order chi connectivity index (χ1) is 14.6. The Kier molecular flexibility index (Phi) is 7.90. The number of phenolic OH excluding ortho intramolecular Hbond substituents is 1. The quantitative estimate of drug-likeness (QED) is 0.410. The zero-order chi connectivity index (χ0) is 22.5. The van der Waals surface area contributed by atoms with Gasteiger partial charge in [-0.1, -0.05) is 13.8 Å². The maximum atomic E-state index is 13.1. The van der Waals surface area contributed by atoms with Crippen LogP contribution in [-0.2, 0) is 7.05 Å². The number of rotatable bonds is 5. The van der Waals surface area contributed by atoms with Crippen molar-refractivity contribution in [2.45, 2.75) is 20.8 Å². The van der Waals surface area contributed by atoms with Gasteiger partial charge in [-0.2, -0.15) is 0 Å². The molecule has 0 aliphatic heterocycles. The highest BCUT2D eigenvalue weighted by atomic mass is 35.5. The third-order valence-electron chi connectivity index (χ3n) is 5.95. The van der Waals surface area contributed by atoms with Crippen molar-refractivity contribution >= 4 is 63.3 Å². The number of carbonyl (C=O) groups is 1. The van der Waals surface area contributed by atoms with E-state index in [4.69, 9.17) is 0 Å². The van der Waals surface area contributed by atoms with Gasteiger partial charge in [-0.25, -0.2) is 0 Å². The number of nitrogens with one attached hydrogen (secondary N) is 1. The summed E-state index contributed by atoms with van der Waals surface area (Å²) in [5.41, 5.74) is 3.60. The van der Waals surface area contributed by atoms with Crippen LogP contribution in [0.1, 0.15) is 29.9 Å². The summed E-state index contributed by atoms with van der Waals surface area (Å²) in [7, 11) is 6.10. The number of aromatic hydroxyl groups is 1. The Balaban J connectivity index is 0.00000193. The van der Waals surface area contributed by atoms with Crippen LogP contribution >= 0.6 is 24.8 Å². The van der Waals surface area contributed by atoms with Crippen molar-refractivity contribution in [3.63, 3.8) is 0 Å². The number of carbonyl (C=O) groups excluding carboxylic acids is 1. The van der Waals surface area contributed by atoms with Crippen molar-refractivity contribution < 1.29 is 9.90 Å².